The first kappa shape index (κ1) is 10.7. The van der Waals surface area contributed by atoms with E-state index in [1.54, 1.807) is 0 Å². The Balaban J connectivity index is 3.21. The first-order valence-electron chi connectivity index (χ1n) is 3.20. The minimum Gasteiger partial charge on any atom is -0.293 e. The van der Waals surface area contributed by atoms with Crippen molar-refractivity contribution in [1.82, 2.24) is 0 Å². The van der Waals surface area contributed by atoms with Crippen molar-refractivity contribution in [2.75, 3.05) is 5.33 Å². The maximum atomic E-state index is 11.4. The Kier molecular flexibility index (Phi) is 4.19. The number of benzene rings is 1. The molecule has 0 aromatic heterocycles. The third-order valence-corrected chi connectivity index (χ3v) is 3.43. The van der Waals surface area contributed by atoms with Gasteiger partial charge in [-0.1, -0.05) is 37.9 Å². The second kappa shape index (κ2) is 4.72. The highest BCUT2D eigenvalue weighted by Crippen LogP contribution is 2.22. The van der Waals surface area contributed by atoms with Crippen LogP contribution in [0.4, 0.5) is 0 Å². The molecule has 1 rings (SSSR count). The van der Waals surface area contributed by atoms with Gasteiger partial charge in [-0.25, -0.2) is 0 Å². The molecule has 0 aliphatic rings. The van der Waals surface area contributed by atoms with Gasteiger partial charge in [0.2, 0.25) is 0 Å². The average Bonchev–Trinajstić information content (AvgIpc) is 2.03. The highest BCUT2D eigenvalue weighted by atomic mass is 127. The van der Waals surface area contributed by atoms with Crippen molar-refractivity contribution < 1.29 is 4.79 Å². The molecule has 0 unspecified atom stereocenters. The Labute approximate surface area is 101 Å². The van der Waals surface area contributed by atoms with Crippen LogP contribution in [-0.2, 0) is 0 Å². The largest absolute Gasteiger partial charge is 0.293 e. The van der Waals surface area contributed by atoms with E-state index >= 15 is 0 Å². The number of Topliss-reactive ketones (excluding diaryl/α,β-unsaturated/α-hetero) is 1. The zero-order valence-corrected chi connectivity index (χ0v) is 11.3. The van der Waals surface area contributed by atoms with Gasteiger partial charge >= 0.3 is 0 Å². The zero-order chi connectivity index (χ0) is 9.14. The minimum atomic E-state index is 0.104. The highest BCUT2D eigenvalue weighted by molar-refractivity contribution is 14.1. The Morgan fingerprint density at radius 3 is 2.67 bits per heavy atom. The van der Waals surface area contributed by atoms with Gasteiger partial charge in [0.05, 0.1) is 5.33 Å². The molecule has 0 radical (unpaired) electrons. The van der Waals surface area contributed by atoms with Crippen LogP contribution in [0.1, 0.15) is 10.4 Å². The maximum absolute atomic E-state index is 11.4. The standard InChI is InChI=1S/C8H5Br2IO/c9-4-7(12)8-5(10)2-1-3-6(8)11/h1-3H,4H2. The molecule has 0 saturated heterocycles. The van der Waals surface area contributed by atoms with Crippen LogP contribution in [0.5, 0.6) is 0 Å². The lowest BCUT2D eigenvalue weighted by Gasteiger charge is -2.02. The quantitative estimate of drug-likeness (QED) is 0.418. The molecule has 1 aromatic carbocycles. The Bertz CT molecular complexity index is 292. The summed E-state index contributed by atoms with van der Waals surface area (Å²) in [7, 11) is 0. The first-order valence-corrected chi connectivity index (χ1v) is 6.19. The summed E-state index contributed by atoms with van der Waals surface area (Å²) in [6.07, 6.45) is 0. The number of hydrogen-bond donors (Lipinski definition) is 0. The fraction of sp³-hybridized carbons (Fsp3) is 0.125. The third kappa shape index (κ3) is 2.29. The van der Waals surface area contributed by atoms with Gasteiger partial charge < -0.3 is 0 Å². The third-order valence-electron chi connectivity index (χ3n) is 1.36. The second-order valence-electron chi connectivity index (χ2n) is 2.15. The lowest BCUT2D eigenvalue weighted by Crippen LogP contribution is -2.03. The van der Waals surface area contributed by atoms with Crippen LogP contribution in [0.2, 0.25) is 0 Å². The molecule has 0 atom stereocenters. The van der Waals surface area contributed by atoms with E-state index in [1.807, 2.05) is 18.2 Å². The summed E-state index contributed by atoms with van der Waals surface area (Å²) >= 11 is 8.64. The van der Waals surface area contributed by atoms with E-state index in [1.165, 1.54) is 0 Å². The van der Waals surface area contributed by atoms with E-state index in [0.29, 0.717) is 5.33 Å². The van der Waals surface area contributed by atoms with E-state index in [2.05, 4.69) is 54.5 Å². The fourth-order valence-electron chi connectivity index (χ4n) is 0.831. The molecule has 0 spiro atoms. The van der Waals surface area contributed by atoms with Crippen LogP contribution in [-0.4, -0.2) is 11.1 Å². The average molecular weight is 404 g/mol. The molecular weight excluding hydrogens is 399 g/mol. The first-order chi connectivity index (χ1) is 5.66. The van der Waals surface area contributed by atoms with Crippen molar-refractivity contribution in [2.45, 2.75) is 0 Å². The van der Waals surface area contributed by atoms with E-state index in [9.17, 15) is 4.79 Å². The number of ketones is 1. The Hall–Kier alpha value is 0.580. The molecule has 12 heavy (non-hydrogen) atoms. The van der Waals surface area contributed by atoms with Crippen molar-refractivity contribution in [2.24, 2.45) is 0 Å². The fourth-order valence-corrected chi connectivity index (χ4v) is 2.87. The normalized spacial score (nSPS) is 9.92. The van der Waals surface area contributed by atoms with Crippen LogP contribution in [0.3, 0.4) is 0 Å². The lowest BCUT2D eigenvalue weighted by molar-refractivity contribution is 0.102. The summed E-state index contributed by atoms with van der Waals surface area (Å²) in [5, 5.41) is 0.367. The number of rotatable bonds is 2. The van der Waals surface area contributed by atoms with Gasteiger partial charge in [0.15, 0.2) is 5.78 Å². The topological polar surface area (TPSA) is 17.1 Å². The maximum Gasteiger partial charge on any atom is 0.175 e. The van der Waals surface area contributed by atoms with Crippen LogP contribution < -0.4 is 0 Å². The molecule has 0 saturated carbocycles. The van der Waals surface area contributed by atoms with Gasteiger partial charge in [0, 0.05) is 13.6 Å². The monoisotopic (exact) mass is 402 g/mol. The molecule has 0 heterocycles. The summed E-state index contributed by atoms with van der Waals surface area (Å²) in [5.41, 5.74) is 0.759. The molecule has 1 nitrogen and oxygen atoms in total. The molecule has 0 fully saturated rings. The van der Waals surface area contributed by atoms with Crippen LogP contribution in [0, 0.1) is 3.57 Å². The van der Waals surface area contributed by atoms with Gasteiger partial charge in [0.1, 0.15) is 0 Å². The molecule has 0 amide bonds. The Morgan fingerprint density at radius 2 is 2.17 bits per heavy atom. The zero-order valence-electron chi connectivity index (χ0n) is 5.98. The van der Waals surface area contributed by atoms with Crippen LogP contribution in [0.15, 0.2) is 22.7 Å². The molecule has 0 bridgehead atoms. The molecular formula is C8H5Br2IO. The van der Waals surface area contributed by atoms with Crippen LogP contribution >= 0.6 is 54.5 Å². The van der Waals surface area contributed by atoms with E-state index in [-0.39, 0.29) is 5.78 Å². The summed E-state index contributed by atoms with van der Waals surface area (Å²) < 4.78 is 1.84. The second-order valence-corrected chi connectivity index (χ2v) is 4.73. The molecule has 0 aliphatic heterocycles. The Morgan fingerprint density at radius 1 is 1.50 bits per heavy atom. The van der Waals surface area contributed by atoms with Crippen LogP contribution in [0.25, 0.3) is 0 Å². The number of halogens is 3. The van der Waals surface area contributed by atoms with E-state index in [0.717, 1.165) is 13.6 Å². The summed E-state index contributed by atoms with van der Waals surface area (Å²) in [4.78, 5) is 11.4. The van der Waals surface area contributed by atoms with E-state index in [4.69, 9.17) is 0 Å². The smallest absolute Gasteiger partial charge is 0.175 e. The molecule has 64 valence electrons. The van der Waals surface area contributed by atoms with Crippen molar-refractivity contribution in [3.8, 4) is 0 Å². The number of hydrogen-bond acceptors (Lipinski definition) is 1. The van der Waals surface area contributed by atoms with E-state index < -0.39 is 0 Å². The molecule has 4 heteroatoms. The minimum absolute atomic E-state index is 0.104. The predicted molar refractivity (Wildman–Crippen MR) is 65.0 cm³/mol. The van der Waals surface area contributed by atoms with Gasteiger partial charge in [-0.3, -0.25) is 4.79 Å². The van der Waals surface area contributed by atoms with Gasteiger partial charge in [0.25, 0.3) is 0 Å². The number of carbonyl (C=O) groups is 1. The highest BCUT2D eigenvalue weighted by Gasteiger charge is 2.11. The van der Waals surface area contributed by atoms with Gasteiger partial charge in [-0.05, 0) is 34.7 Å². The van der Waals surface area contributed by atoms with Crippen molar-refractivity contribution in [3.63, 3.8) is 0 Å². The number of carbonyl (C=O) groups excluding carboxylic acids is 1. The van der Waals surface area contributed by atoms with Crippen molar-refractivity contribution >= 4 is 60.2 Å². The summed E-state index contributed by atoms with van der Waals surface area (Å²) in [5.74, 6) is 0.104. The van der Waals surface area contributed by atoms with Crippen molar-refractivity contribution in [1.29, 1.82) is 0 Å². The lowest BCUT2D eigenvalue weighted by atomic mass is 10.2. The molecule has 0 aliphatic carbocycles. The summed E-state index contributed by atoms with van der Waals surface area (Å²) in [6, 6.07) is 5.70. The van der Waals surface area contributed by atoms with Crippen molar-refractivity contribution in [3.05, 3.63) is 31.8 Å². The molecule has 1 aromatic rings. The summed E-state index contributed by atoms with van der Waals surface area (Å²) in [6.45, 7) is 0. The van der Waals surface area contributed by atoms with Gasteiger partial charge in [-0.2, -0.15) is 0 Å². The predicted octanol–water partition coefficient (Wildman–Crippen LogP) is 3.63. The van der Waals surface area contributed by atoms with Gasteiger partial charge in [-0.15, -0.1) is 0 Å². The SMILES string of the molecule is O=C(CBr)c1c(Br)cccc1I. The number of alkyl halides is 1. The molecule has 0 N–H and O–H groups in total.